The van der Waals surface area contributed by atoms with Crippen molar-refractivity contribution in [3.63, 3.8) is 0 Å². The third kappa shape index (κ3) is 3.06. The van der Waals surface area contributed by atoms with Crippen molar-refractivity contribution in [1.29, 1.82) is 0 Å². The zero-order valence-corrected chi connectivity index (χ0v) is 12.7. The Kier molecular flexibility index (Phi) is 3.81. The molecule has 20 heavy (non-hydrogen) atoms. The molecule has 3 rings (SSSR count). The van der Waals surface area contributed by atoms with Crippen LogP contribution in [0.15, 0.2) is 48.5 Å². The number of aryl methyl sites for hydroxylation is 1. The number of benzene rings is 2. The minimum absolute atomic E-state index is 0.896. The van der Waals surface area contributed by atoms with Gasteiger partial charge in [0.2, 0.25) is 0 Å². The Morgan fingerprint density at radius 3 is 2.70 bits per heavy atom. The molecule has 0 saturated heterocycles. The second-order valence-electron chi connectivity index (χ2n) is 5.24. The van der Waals surface area contributed by atoms with E-state index in [4.69, 9.17) is 0 Å². The zero-order chi connectivity index (χ0) is 13.9. The van der Waals surface area contributed by atoms with Crippen LogP contribution in [0.4, 0.5) is 0 Å². The van der Waals surface area contributed by atoms with Gasteiger partial charge in [-0.25, -0.2) is 4.98 Å². The van der Waals surface area contributed by atoms with Gasteiger partial charge in [-0.3, -0.25) is 4.90 Å². The van der Waals surface area contributed by atoms with Crippen LogP contribution in [-0.2, 0) is 13.1 Å². The Morgan fingerprint density at radius 2 is 1.90 bits per heavy atom. The summed E-state index contributed by atoms with van der Waals surface area (Å²) in [7, 11) is 2.15. The van der Waals surface area contributed by atoms with Crippen LogP contribution in [0.2, 0.25) is 0 Å². The highest BCUT2D eigenvalue weighted by molar-refractivity contribution is 7.18. The molecule has 0 bridgehead atoms. The van der Waals surface area contributed by atoms with E-state index >= 15 is 0 Å². The Balaban J connectivity index is 1.70. The molecule has 1 aromatic heterocycles. The maximum Gasteiger partial charge on any atom is 0.108 e. The third-order valence-corrected chi connectivity index (χ3v) is 4.30. The van der Waals surface area contributed by atoms with E-state index in [9.17, 15) is 0 Å². The Bertz CT molecular complexity index is 685. The summed E-state index contributed by atoms with van der Waals surface area (Å²) in [5.74, 6) is 0. The van der Waals surface area contributed by atoms with Gasteiger partial charge in [-0.15, -0.1) is 11.3 Å². The van der Waals surface area contributed by atoms with Crippen LogP contribution in [-0.4, -0.2) is 16.9 Å². The molecule has 0 radical (unpaired) electrons. The number of fused-ring (bicyclic) bond motifs is 1. The summed E-state index contributed by atoms with van der Waals surface area (Å²) in [5.41, 5.74) is 3.78. The number of thiazole rings is 1. The van der Waals surface area contributed by atoms with Gasteiger partial charge in [-0.2, -0.15) is 0 Å². The van der Waals surface area contributed by atoms with Gasteiger partial charge < -0.3 is 0 Å². The highest BCUT2D eigenvalue weighted by atomic mass is 32.1. The average molecular weight is 282 g/mol. The zero-order valence-electron chi connectivity index (χ0n) is 11.8. The first-order valence-electron chi connectivity index (χ1n) is 6.79. The number of rotatable bonds is 4. The first kappa shape index (κ1) is 13.3. The number of para-hydroxylation sites is 1. The number of nitrogens with zero attached hydrogens (tertiary/aromatic N) is 2. The number of hydrogen-bond donors (Lipinski definition) is 0. The van der Waals surface area contributed by atoms with Crippen LogP contribution in [0, 0.1) is 6.92 Å². The van der Waals surface area contributed by atoms with Crippen LogP contribution in [0.3, 0.4) is 0 Å². The first-order valence-corrected chi connectivity index (χ1v) is 7.61. The lowest BCUT2D eigenvalue weighted by Gasteiger charge is -2.15. The van der Waals surface area contributed by atoms with Crippen molar-refractivity contribution < 1.29 is 0 Å². The molecule has 0 atom stereocenters. The largest absolute Gasteiger partial charge is 0.295 e. The molecule has 3 aromatic rings. The highest BCUT2D eigenvalue weighted by Crippen LogP contribution is 2.22. The molecule has 3 heteroatoms. The summed E-state index contributed by atoms with van der Waals surface area (Å²) in [6, 6.07) is 17.0. The van der Waals surface area contributed by atoms with Crippen LogP contribution < -0.4 is 0 Å². The van der Waals surface area contributed by atoms with E-state index in [-0.39, 0.29) is 0 Å². The Labute approximate surface area is 123 Å². The molecule has 0 aliphatic heterocycles. The minimum atomic E-state index is 0.896. The van der Waals surface area contributed by atoms with Gasteiger partial charge >= 0.3 is 0 Å². The fourth-order valence-electron chi connectivity index (χ4n) is 2.40. The summed E-state index contributed by atoms with van der Waals surface area (Å²) in [4.78, 5) is 7.00. The predicted octanol–water partition coefficient (Wildman–Crippen LogP) is 4.24. The summed E-state index contributed by atoms with van der Waals surface area (Å²) in [5, 5.41) is 1.18. The molecule has 0 amide bonds. The van der Waals surface area contributed by atoms with E-state index in [0.717, 1.165) is 18.6 Å². The lowest BCUT2D eigenvalue weighted by molar-refractivity contribution is 0.319. The lowest BCUT2D eigenvalue weighted by atomic mass is 10.1. The molecular weight excluding hydrogens is 264 g/mol. The minimum Gasteiger partial charge on any atom is -0.295 e. The second-order valence-corrected chi connectivity index (χ2v) is 6.35. The van der Waals surface area contributed by atoms with Crippen LogP contribution in [0.25, 0.3) is 10.2 Å². The Morgan fingerprint density at radius 1 is 1.05 bits per heavy atom. The summed E-state index contributed by atoms with van der Waals surface area (Å²) < 4.78 is 1.27. The van der Waals surface area contributed by atoms with Gasteiger partial charge in [0.15, 0.2) is 0 Å². The van der Waals surface area contributed by atoms with E-state index in [2.05, 4.69) is 66.3 Å². The maximum absolute atomic E-state index is 4.69. The highest BCUT2D eigenvalue weighted by Gasteiger charge is 2.07. The molecular formula is C17H18N2S. The topological polar surface area (TPSA) is 16.1 Å². The Hall–Kier alpha value is -1.71. The van der Waals surface area contributed by atoms with E-state index in [1.165, 1.54) is 20.8 Å². The van der Waals surface area contributed by atoms with Crippen molar-refractivity contribution in [2.75, 3.05) is 7.05 Å². The van der Waals surface area contributed by atoms with Crippen LogP contribution in [0.1, 0.15) is 16.1 Å². The molecule has 2 aromatic carbocycles. The molecule has 2 nitrogen and oxygen atoms in total. The molecule has 0 fully saturated rings. The normalized spacial score (nSPS) is 11.3. The van der Waals surface area contributed by atoms with E-state index in [1.807, 2.05) is 6.07 Å². The lowest BCUT2D eigenvalue weighted by Crippen LogP contribution is -2.17. The van der Waals surface area contributed by atoms with Gasteiger partial charge in [0.1, 0.15) is 5.01 Å². The van der Waals surface area contributed by atoms with Crippen molar-refractivity contribution in [1.82, 2.24) is 9.88 Å². The van der Waals surface area contributed by atoms with Crippen LogP contribution in [0.5, 0.6) is 0 Å². The smallest absolute Gasteiger partial charge is 0.108 e. The van der Waals surface area contributed by atoms with E-state index < -0.39 is 0 Å². The van der Waals surface area contributed by atoms with Gasteiger partial charge in [-0.1, -0.05) is 42.0 Å². The summed E-state index contributed by atoms with van der Waals surface area (Å²) in [6.07, 6.45) is 0. The van der Waals surface area contributed by atoms with Crippen molar-refractivity contribution in [3.8, 4) is 0 Å². The summed E-state index contributed by atoms with van der Waals surface area (Å²) >= 11 is 1.79. The van der Waals surface area contributed by atoms with Gasteiger partial charge in [0.25, 0.3) is 0 Å². The SMILES string of the molecule is Cc1cccc(CN(C)Cc2nc3ccccc3s2)c1. The standard InChI is InChI=1S/C17H18N2S/c1-13-6-5-7-14(10-13)11-19(2)12-17-18-15-8-3-4-9-16(15)20-17/h3-10H,11-12H2,1-2H3. The van der Waals surface area contributed by atoms with E-state index in [1.54, 1.807) is 11.3 Å². The first-order chi connectivity index (χ1) is 9.70. The molecule has 0 spiro atoms. The quantitative estimate of drug-likeness (QED) is 0.711. The third-order valence-electron chi connectivity index (χ3n) is 3.28. The summed E-state index contributed by atoms with van der Waals surface area (Å²) in [6.45, 7) is 3.99. The van der Waals surface area contributed by atoms with E-state index in [0.29, 0.717) is 0 Å². The molecule has 1 heterocycles. The van der Waals surface area contributed by atoms with Crippen molar-refractivity contribution in [2.45, 2.75) is 20.0 Å². The predicted molar refractivity (Wildman–Crippen MR) is 86.0 cm³/mol. The maximum atomic E-state index is 4.69. The average Bonchev–Trinajstić information content (AvgIpc) is 2.80. The molecule has 0 N–H and O–H groups in total. The van der Waals surface area contributed by atoms with Crippen molar-refractivity contribution in [2.24, 2.45) is 0 Å². The molecule has 0 saturated carbocycles. The second kappa shape index (κ2) is 5.73. The molecule has 0 aliphatic rings. The number of hydrogen-bond acceptors (Lipinski definition) is 3. The number of aromatic nitrogens is 1. The van der Waals surface area contributed by atoms with Gasteiger partial charge in [0, 0.05) is 6.54 Å². The van der Waals surface area contributed by atoms with Crippen LogP contribution >= 0.6 is 11.3 Å². The molecule has 0 aliphatic carbocycles. The molecule has 102 valence electrons. The van der Waals surface area contributed by atoms with Gasteiger partial charge in [-0.05, 0) is 31.7 Å². The fraction of sp³-hybridized carbons (Fsp3) is 0.235. The van der Waals surface area contributed by atoms with Gasteiger partial charge in [0.05, 0.1) is 16.8 Å². The van der Waals surface area contributed by atoms with Crippen molar-refractivity contribution in [3.05, 3.63) is 64.7 Å². The van der Waals surface area contributed by atoms with Crippen molar-refractivity contribution >= 4 is 21.6 Å². The monoisotopic (exact) mass is 282 g/mol. The molecule has 0 unspecified atom stereocenters. The fourth-order valence-corrected chi connectivity index (χ4v) is 3.44.